The van der Waals surface area contributed by atoms with Crippen LogP contribution in [0.1, 0.15) is 33.1 Å². The van der Waals surface area contributed by atoms with E-state index in [1.165, 1.54) is 0 Å². The van der Waals surface area contributed by atoms with Gasteiger partial charge in [-0.2, -0.15) is 0 Å². The van der Waals surface area contributed by atoms with E-state index in [9.17, 15) is 14.7 Å². The van der Waals surface area contributed by atoms with E-state index in [1.807, 2.05) is 11.8 Å². The summed E-state index contributed by atoms with van der Waals surface area (Å²) in [5.41, 5.74) is -0.987. The number of amides is 2. The molecule has 0 aromatic rings. The van der Waals surface area contributed by atoms with Crippen LogP contribution in [-0.2, 0) is 4.79 Å². The number of carbonyl (C=O) groups is 2. The van der Waals surface area contributed by atoms with Crippen LogP contribution in [0.4, 0.5) is 4.79 Å². The van der Waals surface area contributed by atoms with Crippen molar-refractivity contribution in [2.24, 2.45) is 0 Å². The number of rotatable bonds is 3. The van der Waals surface area contributed by atoms with E-state index < -0.39 is 11.5 Å². The standard InChI is InChI=1S/C14H25N3O3/c1-3-14(12(18)19)6-5-7-17(14)13(20)16-10-8-15(4-2)9-11-16/h3-11H2,1-2H3,(H,18,19). The Balaban J connectivity index is 2.07. The Labute approximate surface area is 120 Å². The lowest BCUT2D eigenvalue weighted by Crippen LogP contribution is -2.59. The Kier molecular flexibility index (Phi) is 4.52. The number of hydrogen-bond donors (Lipinski definition) is 1. The molecule has 0 radical (unpaired) electrons. The number of nitrogens with zero attached hydrogens (tertiary/aromatic N) is 3. The van der Waals surface area contributed by atoms with Crippen molar-refractivity contribution in [3.63, 3.8) is 0 Å². The Morgan fingerprint density at radius 3 is 2.25 bits per heavy atom. The molecule has 0 saturated carbocycles. The number of aliphatic carboxylic acids is 1. The van der Waals surface area contributed by atoms with Gasteiger partial charge in [-0.05, 0) is 25.8 Å². The van der Waals surface area contributed by atoms with Crippen molar-refractivity contribution in [1.29, 1.82) is 0 Å². The highest BCUT2D eigenvalue weighted by atomic mass is 16.4. The van der Waals surface area contributed by atoms with Gasteiger partial charge >= 0.3 is 12.0 Å². The summed E-state index contributed by atoms with van der Waals surface area (Å²) in [6.45, 7) is 8.68. The molecule has 2 aliphatic rings. The first-order chi connectivity index (χ1) is 9.55. The lowest BCUT2D eigenvalue weighted by molar-refractivity contribution is -0.148. The molecule has 0 bridgehead atoms. The number of hydrogen-bond acceptors (Lipinski definition) is 3. The van der Waals surface area contributed by atoms with Gasteiger partial charge in [0.1, 0.15) is 5.54 Å². The summed E-state index contributed by atoms with van der Waals surface area (Å²) in [5.74, 6) is -0.863. The number of carbonyl (C=O) groups excluding carboxylic acids is 1. The normalized spacial score (nSPS) is 27.9. The fourth-order valence-electron chi connectivity index (χ4n) is 3.32. The molecular weight excluding hydrogens is 258 g/mol. The summed E-state index contributed by atoms with van der Waals surface area (Å²) in [4.78, 5) is 30.0. The van der Waals surface area contributed by atoms with Crippen LogP contribution in [0.15, 0.2) is 0 Å². The molecule has 2 aliphatic heterocycles. The SMILES string of the molecule is CCN1CCN(C(=O)N2CCCC2(CC)C(=O)O)CC1. The van der Waals surface area contributed by atoms with Gasteiger partial charge in [0.15, 0.2) is 0 Å². The average Bonchev–Trinajstić information content (AvgIpc) is 2.91. The van der Waals surface area contributed by atoms with E-state index in [2.05, 4.69) is 11.8 Å². The zero-order chi connectivity index (χ0) is 14.8. The zero-order valence-corrected chi connectivity index (χ0v) is 12.5. The molecule has 0 aromatic heterocycles. The molecule has 0 aliphatic carbocycles. The van der Waals surface area contributed by atoms with Crippen LogP contribution in [0, 0.1) is 0 Å². The fraction of sp³-hybridized carbons (Fsp3) is 0.857. The van der Waals surface area contributed by atoms with Crippen LogP contribution >= 0.6 is 0 Å². The highest BCUT2D eigenvalue weighted by molar-refractivity contribution is 5.87. The van der Waals surface area contributed by atoms with Gasteiger partial charge in [-0.1, -0.05) is 13.8 Å². The van der Waals surface area contributed by atoms with E-state index in [0.29, 0.717) is 32.5 Å². The molecule has 114 valence electrons. The van der Waals surface area contributed by atoms with Crippen molar-refractivity contribution < 1.29 is 14.7 Å². The topological polar surface area (TPSA) is 64.1 Å². The first-order valence-corrected chi connectivity index (χ1v) is 7.57. The minimum Gasteiger partial charge on any atom is -0.479 e. The summed E-state index contributed by atoms with van der Waals surface area (Å²) in [5, 5.41) is 9.54. The van der Waals surface area contributed by atoms with Gasteiger partial charge in [-0.25, -0.2) is 9.59 Å². The number of likely N-dealkylation sites (tertiary alicyclic amines) is 1. The second-order valence-corrected chi connectivity index (χ2v) is 5.65. The minimum absolute atomic E-state index is 0.0949. The second kappa shape index (κ2) is 5.99. The predicted octanol–water partition coefficient (Wildman–Crippen LogP) is 1.07. The molecule has 6 nitrogen and oxygen atoms in total. The van der Waals surface area contributed by atoms with Crippen LogP contribution in [0.5, 0.6) is 0 Å². The maximum atomic E-state index is 12.6. The Hall–Kier alpha value is -1.30. The smallest absolute Gasteiger partial charge is 0.329 e. The van der Waals surface area contributed by atoms with Gasteiger partial charge in [-0.3, -0.25) is 0 Å². The van der Waals surface area contributed by atoms with Crippen molar-refractivity contribution in [2.75, 3.05) is 39.3 Å². The zero-order valence-electron chi connectivity index (χ0n) is 12.5. The predicted molar refractivity (Wildman–Crippen MR) is 75.7 cm³/mol. The van der Waals surface area contributed by atoms with Crippen molar-refractivity contribution in [3.8, 4) is 0 Å². The van der Waals surface area contributed by atoms with Crippen molar-refractivity contribution in [2.45, 2.75) is 38.6 Å². The third-order valence-corrected chi connectivity index (χ3v) is 4.79. The lowest BCUT2D eigenvalue weighted by atomic mass is 9.93. The fourth-order valence-corrected chi connectivity index (χ4v) is 3.32. The lowest BCUT2D eigenvalue weighted by Gasteiger charge is -2.40. The molecular formula is C14H25N3O3. The van der Waals surface area contributed by atoms with E-state index in [4.69, 9.17) is 0 Å². The van der Waals surface area contributed by atoms with Gasteiger partial charge in [0.05, 0.1) is 0 Å². The summed E-state index contributed by atoms with van der Waals surface area (Å²) in [6.07, 6.45) is 1.82. The molecule has 1 N–H and O–H groups in total. The van der Waals surface area contributed by atoms with Crippen molar-refractivity contribution in [3.05, 3.63) is 0 Å². The molecule has 6 heteroatoms. The first kappa shape index (κ1) is 15.1. The van der Waals surface area contributed by atoms with Gasteiger partial charge in [0.25, 0.3) is 0 Å². The summed E-state index contributed by atoms with van der Waals surface area (Å²) in [7, 11) is 0. The Morgan fingerprint density at radius 2 is 1.75 bits per heavy atom. The molecule has 1 atom stereocenters. The minimum atomic E-state index is -0.987. The van der Waals surface area contributed by atoms with Gasteiger partial charge < -0.3 is 19.8 Å². The molecule has 2 heterocycles. The largest absolute Gasteiger partial charge is 0.479 e. The quantitative estimate of drug-likeness (QED) is 0.841. The summed E-state index contributed by atoms with van der Waals surface area (Å²) < 4.78 is 0. The molecule has 0 aromatic carbocycles. The monoisotopic (exact) mass is 283 g/mol. The first-order valence-electron chi connectivity index (χ1n) is 7.57. The van der Waals surface area contributed by atoms with E-state index in [0.717, 1.165) is 26.1 Å². The van der Waals surface area contributed by atoms with Crippen LogP contribution in [0.3, 0.4) is 0 Å². The van der Waals surface area contributed by atoms with Crippen molar-refractivity contribution >= 4 is 12.0 Å². The van der Waals surface area contributed by atoms with E-state index in [1.54, 1.807) is 4.90 Å². The van der Waals surface area contributed by atoms with Crippen LogP contribution in [0.25, 0.3) is 0 Å². The molecule has 1 unspecified atom stereocenters. The molecule has 0 spiro atoms. The number of likely N-dealkylation sites (N-methyl/N-ethyl adjacent to an activating group) is 1. The molecule has 2 rings (SSSR count). The average molecular weight is 283 g/mol. The molecule has 2 saturated heterocycles. The summed E-state index contributed by atoms with van der Waals surface area (Å²) in [6, 6.07) is -0.0949. The van der Waals surface area contributed by atoms with Crippen molar-refractivity contribution in [1.82, 2.24) is 14.7 Å². The van der Waals surface area contributed by atoms with Gasteiger partial charge in [-0.15, -0.1) is 0 Å². The third kappa shape index (κ3) is 2.49. The Morgan fingerprint density at radius 1 is 1.10 bits per heavy atom. The van der Waals surface area contributed by atoms with Gasteiger partial charge in [0, 0.05) is 32.7 Å². The number of urea groups is 1. The highest BCUT2D eigenvalue weighted by Crippen LogP contribution is 2.33. The highest BCUT2D eigenvalue weighted by Gasteiger charge is 2.49. The van der Waals surface area contributed by atoms with Crippen LogP contribution in [0.2, 0.25) is 0 Å². The molecule has 2 fully saturated rings. The number of piperazine rings is 1. The van der Waals surface area contributed by atoms with Crippen LogP contribution in [-0.4, -0.2) is 76.6 Å². The van der Waals surface area contributed by atoms with Crippen LogP contribution < -0.4 is 0 Å². The second-order valence-electron chi connectivity index (χ2n) is 5.65. The molecule has 2 amide bonds. The molecule has 20 heavy (non-hydrogen) atoms. The van der Waals surface area contributed by atoms with E-state index >= 15 is 0 Å². The maximum absolute atomic E-state index is 12.6. The number of carboxylic acid groups (broad SMARTS) is 1. The maximum Gasteiger partial charge on any atom is 0.329 e. The van der Waals surface area contributed by atoms with Gasteiger partial charge in [0.2, 0.25) is 0 Å². The Bertz CT molecular complexity index is 380. The third-order valence-electron chi connectivity index (χ3n) is 4.79. The summed E-state index contributed by atoms with van der Waals surface area (Å²) >= 11 is 0. The number of carboxylic acids is 1. The van der Waals surface area contributed by atoms with E-state index in [-0.39, 0.29) is 6.03 Å².